The lowest BCUT2D eigenvalue weighted by atomic mass is 9.87. The molecule has 2 saturated heterocycles. The van der Waals surface area contributed by atoms with Crippen LogP contribution < -0.4 is 4.74 Å². The van der Waals surface area contributed by atoms with Crippen LogP contribution >= 0.6 is 0 Å². The second-order valence-electron chi connectivity index (χ2n) is 6.95. The topological polar surface area (TPSA) is 87.8 Å². The minimum Gasteiger partial charge on any atom is -0.464 e. The average Bonchev–Trinajstić information content (AvgIpc) is 3.59. The molecule has 2 unspecified atom stereocenters. The van der Waals surface area contributed by atoms with E-state index < -0.39 is 0 Å². The Morgan fingerprint density at radius 2 is 1.50 bits per heavy atom. The van der Waals surface area contributed by atoms with Crippen LogP contribution in [0.2, 0.25) is 0 Å². The smallest absolute Gasteiger partial charge is 0.189 e. The van der Waals surface area contributed by atoms with Crippen molar-refractivity contribution in [3.63, 3.8) is 0 Å². The summed E-state index contributed by atoms with van der Waals surface area (Å²) in [5.74, 6) is 1.89. The molecule has 0 N–H and O–H groups in total. The number of nitrogens with zero attached hydrogens (tertiary/aromatic N) is 2. The third-order valence-corrected chi connectivity index (χ3v) is 4.80. The van der Waals surface area contributed by atoms with Gasteiger partial charge in [0.2, 0.25) is 0 Å². The minimum atomic E-state index is 0.194. The average molecular weight is 366 g/mol. The molecule has 1 saturated carbocycles. The Balaban J connectivity index is 1.11. The van der Waals surface area contributed by atoms with Gasteiger partial charge in [0.15, 0.2) is 12.5 Å². The summed E-state index contributed by atoms with van der Waals surface area (Å²) in [6.45, 7) is 3.36. The molecule has 1 aromatic heterocycles. The molecular formula is C18H26N2O6. The molecule has 8 heteroatoms. The Labute approximate surface area is 153 Å². The molecule has 1 aromatic rings. The largest absolute Gasteiger partial charge is 0.464 e. The van der Waals surface area contributed by atoms with E-state index in [1.165, 1.54) is 0 Å². The summed E-state index contributed by atoms with van der Waals surface area (Å²) in [6.07, 6.45) is 8.31. The Bertz CT molecular complexity index is 541. The predicted octanol–water partition coefficient (Wildman–Crippen LogP) is 1.64. The van der Waals surface area contributed by atoms with E-state index in [0.717, 1.165) is 44.7 Å². The number of rotatable bonds is 11. The molecule has 26 heavy (non-hydrogen) atoms. The van der Waals surface area contributed by atoms with Crippen LogP contribution in [-0.4, -0.2) is 68.3 Å². The summed E-state index contributed by atoms with van der Waals surface area (Å²) >= 11 is 0. The number of hydrogen-bond donors (Lipinski definition) is 0. The van der Waals surface area contributed by atoms with E-state index >= 15 is 0 Å². The maximum Gasteiger partial charge on any atom is 0.189 e. The van der Waals surface area contributed by atoms with Gasteiger partial charge in [-0.1, -0.05) is 0 Å². The zero-order chi connectivity index (χ0) is 17.6. The monoisotopic (exact) mass is 366 g/mol. The van der Waals surface area contributed by atoms with Crippen LogP contribution in [0.15, 0.2) is 12.4 Å². The zero-order valence-corrected chi connectivity index (χ0v) is 14.9. The minimum absolute atomic E-state index is 0.194. The Kier molecular flexibility index (Phi) is 6.29. The molecule has 2 aliphatic heterocycles. The van der Waals surface area contributed by atoms with Gasteiger partial charge in [0.25, 0.3) is 0 Å². The van der Waals surface area contributed by atoms with Gasteiger partial charge in [0.1, 0.15) is 24.8 Å². The molecule has 0 radical (unpaired) electrons. The first kappa shape index (κ1) is 18.1. The molecule has 0 bridgehead atoms. The van der Waals surface area contributed by atoms with Crippen LogP contribution in [0.5, 0.6) is 5.75 Å². The van der Waals surface area contributed by atoms with Crippen LogP contribution in [-0.2, 0) is 23.7 Å². The third-order valence-electron chi connectivity index (χ3n) is 4.80. The van der Waals surface area contributed by atoms with E-state index in [9.17, 15) is 0 Å². The molecule has 1 aliphatic carbocycles. The Hall–Kier alpha value is -1.32. The standard InChI is InChI=1S/C18H26N2O6/c1-3-14(25-11-21-7-16-9-23-16)4-2-13(1)18-19-5-15(6-20-18)26-12-22-8-17-10-24-17/h5-6,13-14,16-17H,1-4,7-12H2. The number of aromatic nitrogens is 2. The first-order valence-corrected chi connectivity index (χ1v) is 9.32. The van der Waals surface area contributed by atoms with Crippen molar-refractivity contribution in [3.05, 3.63) is 18.2 Å². The highest BCUT2D eigenvalue weighted by atomic mass is 16.7. The lowest BCUT2D eigenvalue weighted by Gasteiger charge is -2.27. The van der Waals surface area contributed by atoms with E-state index in [0.29, 0.717) is 31.7 Å². The van der Waals surface area contributed by atoms with Gasteiger partial charge in [-0.2, -0.15) is 0 Å². The molecule has 2 atom stereocenters. The van der Waals surface area contributed by atoms with Crippen LogP contribution in [0.1, 0.15) is 37.4 Å². The van der Waals surface area contributed by atoms with Crippen molar-refractivity contribution in [3.8, 4) is 5.75 Å². The van der Waals surface area contributed by atoms with Crippen molar-refractivity contribution in [2.45, 2.75) is 49.9 Å². The molecule has 144 valence electrons. The summed E-state index contributed by atoms with van der Waals surface area (Å²) in [6, 6.07) is 0. The molecule has 3 fully saturated rings. The second kappa shape index (κ2) is 9.05. The van der Waals surface area contributed by atoms with E-state index in [4.69, 9.17) is 28.4 Å². The second-order valence-corrected chi connectivity index (χ2v) is 6.95. The van der Waals surface area contributed by atoms with Gasteiger partial charge in [0, 0.05) is 5.92 Å². The van der Waals surface area contributed by atoms with Crippen molar-refractivity contribution in [1.82, 2.24) is 9.97 Å². The first-order valence-electron chi connectivity index (χ1n) is 9.32. The lowest BCUT2D eigenvalue weighted by Crippen LogP contribution is -2.23. The third kappa shape index (κ3) is 5.85. The normalized spacial score (nSPS) is 30.2. The van der Waals surface area contributed by atoms with Gasteiger partial charge in [-0.05, 0) is 25.7 Å². The van der Waals surface area contributed by atoms with Gasteiger partial charge < -0.3 is 28.4 Å². The summed E-state index contributed by atoms with van der Waals surface area (Å²) in [5.41, 5.74) is 0. The SMILES string of the molecule is c1nc(C2CCC(OCOCC3CO3)CC2)ncc1OCOCC1CO1. The Morgan fingerprint density at radius 1 is 0.885 bits per heavy atom. The first-order chi connectivity index (χ1) is 12.9. The van der Waals surface area contributed by atoms with Gasteiger partial charge in [-0.25, -0.2) is 9.97 Å². The molecule has 3 aliphatic rings. The summed E-state index contributed by atoms with van der Waals surface area (Å²) in [7, 11) is 0. The van der Waals surface area contributed by atoms with E-state index in [1.807, 2.05) is 0 Å². The van der Waals surface area contributed by atoms with Crippen molar-refractivity contribution >= 4 is 0 Å². The van der Waals surface area contributed by atoms with Crippen molar-refractivity contribution in [2.75, 3.05) is 40.0 Å². The van der Waals surface area contributed by atoms with Gasteiger partial charge >= 0.3 is 0 Å². The fourth-order valence-electron chi connectivity index (χ4n) is 3.04. The van der Waals surface area contributed by atoms with Crippen molar-refractivity contribution in [2.24, 2.45) is 0 Å². The summed E-state index contributed by atoms with van der Waals surface area (Å²) in [4.78, 5) is 8.92. The summed E-state index contributed by atoms with van der Waals surface area (Å²) in [5, 5.41) is 0. The maximum atomic E-state index is 5.78. The Morgan fingerprint density at radius 3 is 2.12 bits per heavy atom. The molecular weight excluding hydrogens is 340 g/mol. The number of ether oxygens (including phenoxy) is 6. The van der Waals surface area contributed by atoms with Gasteiger partial charge in [-0.3, -0.25) is 0 Å². The fourth-order valence-corrected chi connectivity index (χ4v) is 3.04. The van der Waals surface area contributed by atoms with Crippen LogP contribution in [0, 0.1) is 0 Å². The summed E-state index contributed by atoms with van der Waals surface area (Å²) < 4.78 is 32.2. The highest BCUT2D eigenvalue weighted by Crippen LogP contribution is 2.32. The van der Waals surface area contributed by atoms with E-state index in [1.54, 1.807) is 12.4 Å². The van der Waals surface area contributed by atoms with Gasteiger partial charge in [0.05, 0.1) is 44.9 Å². The van der Waals surface area contributed by atoms with Crippen molar-refractivity contribution in [1.29, 1.82) is 0 Å². The number of hydrogen-bond acceptors (Lipinski definition) is 8. The van der Waals surface area contributed by atoms with Gasteiger partial charge in [-0.15, -0.1) is 0 Å². The molecule has 4 rings (SSSR count). The van der Waals surface area contributed by atoms with Crippen LogP contribution in [0.25, 0.3) is 0 Å². The zero-order valence-electron chi connectivity index (χ0n) is 14.9. The molecule has 3 heterocycles. The highest BCUT2D eigenvalue weighted by Gasteiger charge is 2.26. The van der Waals surface area contributed by atoms with E-state index in [-0.39, 0.29) is 25.1 Å². The molecule has 0 spiro atoms. The van der Waals surface area contributed by atoms with Crippen LogP contribution in [0.4, 0.5) is 0 Å². The van der Waals surface area contributed by atoms with Crippen molar-refractivity contribution < 1.29 is 28.4 Å². The quantitative estimate of drug-likeness (QED) is 0.332. The fraction of sp³-hybridized carbons (Fsp3) is 0.778. The predicted molar refractivity (Wildman–Crippen MR) is 89.9 cm³/mol. The van der Waals surface area contributed by atoms with Crippen LogP contribution in [0.3, 0.4) is 0 Å². The van der Waals surface area contributed by atoms with E-state index in [2.05, 4.69) is 9.97 Å². The lowest BCUT2D eigenvalue weighted by molar-refractivity contribution is -0.102. The highest BCUT2D eigenvalue weighted by molar-refractivity contribution is 5.13. The number of epoxide rings is 2. The molecule has 0 amide bonds. The molecule has 0 aromatic carbocycles. The molecule has 8 nitrogen and oxygen atoms in total. The maximum absolute atomic E-state index is 5.78.